The summed E-state index contributed by atoms with van der Waals surface area (Å²) in [5.74, 6) is -0.245. The third kappa shape index (κ3) is 10.4. The van der Waals surface area contributed by atoms with Crippen molar-refractivity contribution in [3.8, 4) is 0 Å². The zero-order valence-corrected chi connectivity index (χ0v) is 18.0. The highest BCUT2D eigenvalue weighted by atomic mass is 16.6. The quantitative estimate of drug-likeness (QED) is 0.426. The summed E-state index contributed by atoms with van der Waals surface area (Å²) >= 11 is 0. The van der Waals surface area contributed by atoms with Crippen LogP contribution in [0.4, 0.5) is 4.79 Å². The van der Waals surface area contributed by atoms with Crippen molar-refractivity contribution in [2.75, 3.05) is 0 Å². The number of amides is 2. The van der Waals surface area contributed by atoms with Crippen LogP contribution in [-0.4, -0.2) is 28.5 Å². The van der Waals surface area contributed by atoms with Crippen LogP contribution >= 0.6 is 0 Å². The molecule has 0 saturated heterocycles. The van der Waals surface area contributed by atoms with Gasteiger partial charge >= 0.3 is 6.09 Å². The van der Waals surface area contributed by atoms with Crippen LogP contribution in [0.5, 0.6) is 0 Å². The molecule has 0 aliphatic rings. The van der Waals surface area contributed by atoms with Crippen LogP contribution in [0.1, 0.15) is 48.0 Å². The molecule has 5 heteroatoms. The van der Waals surface area contributed by atoms with E-state index in [9.17, 15) is 9.59 Å². The second-order valence-electron chi connectivity index (χ2n) is 7.18. The van der Waals surface area contributed by atoms with Crippen molar-refractivity contribution < 1.29 is 14.3 Å². The highest BCUT2D eigenvalue weighted by Crippen LogP contribution is 2.14. The lowest BCUT2D eigenvalue weighted by Crippen LogP contribution is -2.37. The van der Waals surface area contributed by atoms with Crippen molar-refractivity contribution in [2.45, 2.75) is 59.6 Å². The summed E-state index contributed by atoms with van der Waals surface area (Å²) in [5, 5.41) is 2.83. The molecule has 1 atom stereocenters. The molecule has 2 amide bonds. The maximum Gasteiger partial charge on any atom is 0.407 e. The van der Waals surface area contributed by atoms with Gasteiger partial charge in [-0.2, -0.15) is 0 Å². The first-order valence-corrected chi connectivity index (χ1v) is 9.31. The molecule has 0 saturated carbocycles. The second kappa shape index (κ2) is 12.5. The van der Waals surface area contributed by atoms with E-state index in [0.717, 1.165) is 5.57 Å². The number of hydrogen-bond acceptors (Lipinski definition) is 3. The molecule has 0 fully saturated rings. The Labute approximate surface area is 169 Å². The smallest absolute Gasteiger partial charge is 0.407 e. The van der Waals surface area contributed by atoms with E-state index in [0.29, 0.717) is 12.1 Å². The summed E-state index contributed by atoms with van der Waals surface area (Å²) in [4.78, 5) is 25.5. The minimum atomic E-state index is -0.540. The molecule has 1 unspecified atom stereocenters. The standard InChI is InChI=1S/C23H34N2O3/c1-9-13-19(17-18(5)24-22(27)28-23(6,7)8)14-15-20(11-3)25(16-10-2)21(26)12-4/h9-16,18H,3-4,17H2,1-2,5-8H3,(H,24,27)/b13-9-,16-10-,19-14+,20-15+. The summed E-state index contributed by atoms with van der Waals surface area (Å²) in [6.45, 7) is 18.5. The molecule has 0 aromatic heterocycles. The fraction of sp³-hybridized carbons (Fsp3) is 0.391. The van der Waals surface area contributed by atoms with Crippen LogP contribution in [-0.2, 0) is 9.53 Å². The normalized spacial score (nSPS) is 14.1. The van der Waals surface area contributed by atoms with E-state index in [2.05, 4.69) is 18.5 Å². The molecular weight excluding hydrogens is 352 g/mol. The van der Waals surface area contributed by atoms with Crippen molar-refractivity contribution in [3.63, 3.8) is 0 Å². The Kier molecular flexibility index (Phi) is 11.3. The number of ether oxygens (including phenoxy) is 1. The number of rotatable bonds is 9. The minimum Gasteiger partial charge on any atom is -0.444 e. The van der Waals surface area contributed by atoms with Crippen LogP contribution in [0.15, 0.2) is 73.2 Å². The Morgan fingerprint density at radius 2 is 1.75 bits per heavy atom. The summed E-state index contributed by atoms with van der Waals surface area (Å²) in [6, 6.07) is -0.126. The number of allylic oxidation sites excluding steroid dienone is 6. The van der Waals surface area contributed by atoms with Gasteiger partial charge in [0.1, 0.15) is 5.60 Å². The van der Waals surface area contributed by atoms with Crippen LogP contribution in [0.25, 0.3) is 0 Å². The third-order valence-electron chi connectivity index (χ3n) is 3.35. The summed E-state index contributed by atoms with van der Waals surface area (Å²) < 4.78 is 5.29. The predicted octanol–water partition coefficient (Wildman–Crippen LogP) is 5.41. The van der Waals surface area contributed by atoms with E-state index in [-0.39, 0.29) is 11.9 Å². The fourth-order valence-corrected chi connectivity index (χ4v) is 2.29. The van der Waals surface area contributed by atoms with E-state index in [4.69, 9.17) is 4.74 Å². The Hall–Kier alpha value is -2.82. The van der Waals surface area contributed by atoms with E-state index >= 15 is 0 Å². The number of nitrogens with zero attached hydrogens (tertiary/aromatic N) is 1. The van der Waals surface area contributed by atoms with Gasteiger partial charge in [-0.05, 0) is 71.8 Å². The lowest BCUT2D eigenvalue weighted by Gasteiger charge is -2.22. The molecule has 5 nitrogen and oxygen atoms in total. The first-order chi connectivity index (χ1) is 13.1. The van der Waals surface area contributed by atoms with E-state index in [1.807, 2.05) is 65.8 Å². The maximum atomic E-state index is 12.1. The van der Waals surface area contributed by atoms with Crippen molar-refractivity contribution in [1.82, 2.24) is 10.2 Å². The molecule has 0 heterocycles. The zero-order valence-electron chi connectivity index (χ0n) is 18.0. The fourth-order valence-electron chi connectivity index (χ4n) is 2.29. The lowest BCUT2D eigenvalue weighted by atomic mass is 10.1. The second-order valence-corrected chi connectivity index (χ2v) is 7.18. The monoisotopic (exact) mass is 386 g/mol. The van der Waals surface area contributed by atoms with Crippen molar-refractivity contribution in [2.24, 2.45) is 0 Å². The highest BCUT2D eigenvalue weighted by molar-refractivity contribution is 5.89. The molecule has 0 radical (unpaired) electrons. The molecule has 0 aromatic carbocycles. The van der Waals surface area contributed by atoms with Crippen molar-refractivity contribution >= 4 is 12.0 Å². The molecule has 1 N–H and O–H groups in total. The molecular formula is C23H34N2O3. The van der Waals surface area contributed by atoms with Gasteiger partial charge < -0.3 is 10.1 Å². The topological polar surface area (TPSA) is 58.6 Å². The van der Waals surface area contributed by atoms with Gasteiger partial charge in [0.2, 0.25) is 0 Å². The molecule has 0 bridgehead atoms. The van der Waals surface area contributed by atoms with Gasteiger partial charge in [-0.3, -0.25) is 9.69 Å². The van der Waals surface area contributed by atoms with Crippen molar-refractivity contribution in [1.29, 1.82) is 0 Å². The van der Waals surface area contributed by atoms with E-state index in [1.54, 1.807) is 18.4 Å². The maximum absolute atomic E-state index is 12.1. The zero-order chi connectivity index (χ0) is 21.7. The van der Waals surface area contributed by atoms with Gasteiger partial charge in [-0.1, -0.05) is 37.5 Å². The Balaban J connectivity index is 5.42. The highest BCUT2D eigenvalue weighted by Gasteiger charge is 2.18. The lowest BCUT2D eigenvalue weighted by molar-refractivity contribution is -0.121. The van der Waals surface area contributed by atoms with Gasteiger partial charge in [0, 0.05) is 17.9 Å². The Morgan fingerprint density at radius 3 is 2.21 bits per heavy atom. The van der Waals surface area contributed by atoms with Gasteiger partial charge in [0.15, 0.2) is 0 Å². The molecule has 28 heavy (non-hydrogen) atoms. The number of carbonyl (C=O) groups excluding carboxylic acids is 2. The number of hydrogen-bond donors (Lipinski definition) is 1. The molecule has 154 valence electrons. The molecule has 0 spiro atoms. The first-order valence-electron chi connectivity index (χ1n) is 9.31. The number of carbonyl (C=O) groups is 2. The Bertz CT molecular complexity index is 676. The average molecular weight is 387 g/mol. The van der Waals surface area contributed by atoms with Gasteiger partial charge in [-0.25, -0.2) is 4.79 Å². The van der Waals surface area contributed by atoms with Crippen LogP contribution in [0, 0.1) is 0 Å². The number of nitrogens with one attached hydrogen (secondary N) is 1. The van der Waals surface area contributed by atoms with Gasteiger partial charge in [0.25, 0.3) is 5.91 Å². The van der Waals surface area contributed by atoms with Gasteiger partial charge in [0.05, 0.1) is 0 Å². The van der Waals surface area contributed by atoms with E-state index in [1.165, 1.54) is 11.0 Å². The number of alkyl carbamates (subject to hydrolysis) is 1. The SMILES string of the molecule is C=CC(=O)N(/C=C\C)/C(C=C)=C/C=C(\C=C/C)CC(C)NC(=O)OC(C)(C)C. The third-order valence-corrected chi connectivity index (χ3v) is 3.35. The summed E-state index contributed by atoms with van der Waals surface area (Å²) in [6.07, 6.45) is 14.0. The van der Waals surface area contributed by atoms with Crippen molar-refractivity contribution in [3.05, 3.63) is 73.2 Å². The molecule has 0 rings (SSSR count). The molecule has 0 aliphatic carbocycles. The summed E-state index contributed by atoms with van der Waals surface area (Å²) in [5.41, 5.74) is 1.07. The molecule has 0 aliphatic heterocycles. The minimum absolute atomic E-state index is 0.126. The van der Waals surface area contributed by atoms with E-state index < -0.39 is 11.7 Å². The van der Waals surface area contributed by atoms with Crippen LogP contribution < -0.4 is 5.32 Å². The molecule has 0 aromatic rings. The predicted molar refractivity (Wildman–Crippen MR) is 116 cm³/mol. The largest absolute Gasteiger partial charge is 0.444 e. The summed E-state index contributed by atoms with van der Waals surface area (Å²) in [7, 11) is 0. The Morgan fingerprint density at radius 1 is 1.11 bits per heavy atom. The van der Waals surface area contributed by atoms with Gasteiger partial charge in [-0.15, -0.1) is 0 Å². The van der Waals surface area contributed by atoms with Crippen LogP contribution in [0.3, 0.4) is 0 Å². The average Bonchev–Trinajstić information content (AvgIpc) is 2.58. The first kappa shape index (κ1) is 25.2. The van der Waals surface area contributed by atoms with Crippen LogP contribution in [0.2, 0.25) is 0 Å².